The Morgan fingerprint density at radius 1 is 1.08 bits per heavy atom. The molecular weight excluding hydrogens is 342 g/mol. The van der Waals surface area contributed by atoms with Crippen LogP contribution in [0.5, 0.6) is 0 Å². The third kappa shape index (κ3) is 2.80. The van der Waals surface area contributed by atoms with Crippen molar-refractivity contribution >= 4 is 10.0 Å². The predicted molar refractivity (Wildman–Crippen MR) is 104 cm³/mol. The molecule has 3 atom stereocenters. The monoisotopic (exact) mass is 369 g/mol. The zero-order chi connectivity index (χ0) is 18.5. The van der Waals surface area contributed by atoms with E-state index in [4.69, 9.17) is 0 Å². The van der Waals surface area contributed by atoms with E-state index >= 15 is 0 Å². The molecule has 1 saturated carbocycles. The number of aryl methyl sites for hydroxylation is 1. The largest absolute Gasteiger partial charge is 0.243 e. The molecule has 2 aromatic carbocycles. The maximum Gasteiger partial charge on any atom is 0.243 e. The highest BCUT2D eigenvalue weighted by Crippen LogP contribution is 2.62. The van der Waals surface area contributed by atoms with Gasteiger partial charge in [-0.2, -0.15) is 4.31 Å². The van der Waals surface area contributed by atoms with E-state index in [9.17, 15) is 8.42 Å². The minimum Gasteiger partial charge on any atom is -0.207 e. The predicted octanol–water partition coefficient (Wildman–Crippen LogP) is 4.42. The summed E-state index contributed by atoms with van der Waals surface area (Å²) in [4.78, 5) is 0.425. The molecule has 0 bridgehead atoms. The summed E-state index contributed by atoms with van der Waals surface area (Å²) in [5, 5.41) is 0. The van der Waals surface area contributed by atoms with Crippen molar-refractivity contribution in [1.82, 2.24) is 4.31 Å². The molecule has 26 heavy (non-hydrogen) atoms. The van der Waals surface area contributed by atoms with Gasteiger partial charge >= 0.3 is 0 Å². The van der Waals surface area contributed by atoms with Crippen LogP contribution < -0.4 is 0 Å². The molecule has 0 spiro atoms. The fraction of sp³-hybridized carbons (Fsp3) is 0.455. The lowest BCUT2D eigenvalue weighted by Gasteiger charge is -2.35. The molecule has 3 nitrogen and oxygen atoms in total. The molecule has 1 heterocycles. The summed E-state index contributed by atoms with van der Waals surface area (Å²) in [7, 11) is -3.50. The highest BCUT2D eigenvalue weighted by atomic mass is 32.2. The highest BCUT2D eigenvalue weighted by Gasteiger charge is 2.68. The average molecular weight is 370 g/mol. The summed E-state index contributed by atoms with van der Waals surface area (Å²) in [6, 6.07) is 17.7. The molecule has 2 aromatic rings. The van der Waals surface area contributed by atoms with Gasteiger partial charge in [-0.25, -0.2) is 8.42 Å². The summed E-state index contributed by atoms with van der Waals surface area (Å²) in [5.74, 6) is 0.797. The zero-order valence-electron chi connectivity index (χ0n) is 15.7. The summed E-state index contributed by atoms with van der Waals surface area (Å²) in [6.07, 6.45) is 2.78. The standard InChI is InChI=1S/C22H27NO2S/c1-16(2)21-13-19-15-22(19,14-18-7-5-4-6-8-18)23(21)26(24,25)20-11-9-17(3)10-12-20/h4-12,16,19,21H,13-15H2,1-3H3/t19-,21?,22+/m1/s1. The lowest BCUT2D eigenvalue weighted by atomic mass is 10.0. The van der Waals surface area contributed by atoms with Crippen molar-refractivity contribution in [2.75, 3.05) is 0 Å². The average Bonchev–Trinajstić information content (AvgIpc) is 3.18. The summed E-state index contributed by atoms with van der Waals surface area (Å²) >= 11 is 0. The number of piperidine rings is 1. The van der Waals surface area contributed by atoms with Crippen LogP contribution in [0.15, 0.2) is 59.5 Å². The Balaban J connectivity index is 1.75. The molecular formula is C22H27NO2S. The Morgan fingerprint density at radius 3 is 2.35 bits per heavy atom. The minimum absolute atomic E-state index is 0.0868. The molecule has 2 aliphatic rings. The van der Waals surface area contributed by atoms with E-state index in [0.717, 1.165) is 24.8 Å². The molecule has 0 radical (unpaired) electrons. The molecule has 1 aliphatic heterocycles. The van der Waals surface area contributed by atoms with E-state index in [0.29, 0.717) is 16.7 Å². The lowest BCUT2D eigenvalue weighted by molar-refractivity contribution is 0.226. The maximum atomic E-state index is 13.6. The van der Waals surface area contributed by atoms with Gasteiger partial charge < -0.3 is 0 Å². The Bertz CT molecular complexity index is 889. The second-order valence-electron chi connectivity index (χ2n) is 8.33. The van der Waals surface area contributed by atoms with Crippen molar-refractivity contribution in [2.45, 2.75) is 56.5 Å². The fourth-order valence-corrected chi connectivity index (χ4v) is 6.85. The number of hydrogen-bond donors (Lipinski definition) is 0. The summed E-state index contributed by atoms with van der Waals surface area (Å²) in [6.45, 7) is 6.27. The van der Waals surface area contributed by atoms with Crippen molar-refractivity contribution in [3.05, 3.63) is 65.7 Å². The molecule has 138 valence electrons. The van der Waals surface area contributed by atoms with Crippen molar-refractivity contribution in [3.63, 3.8) is 0 Å². The maximum absolute atomic E-state index is 13.6. The first-order valence-electron chi connectivity index (χ1n) is 9.50. The van der Waals surface area contributed by atoms with Crippen LogP contribution in [-0.2, 0) is 16.4 Å². The molecule has 0 N–H and O–H groups in total. The SMILES string of the molecule is Cc1ccc(S(=O)(=O)N2C(C(C)C)C[C@@H]3C[C@@]32Cc2ccccc2)cc1. The van der Waals surface area contributed by atoms with Gasteiger partial charge in [-0.3, -0.25) is 0 Å². The fourth-order valence-electron chi connectivity index (χ4n) is 4.69. The van der Waals surface area contributed by atoms with Crippen LogP contribution in [0.1, 0.15) is 37.8 Å². The van der Waals surface area contributed by atoms with E-state index in [1.54, 1.807) is 12.1 Å². The van der Waals surface area contributed by atoms with Crippen LogP contribution >= 0.6 is 0 Å². The van der Waals surface area contributed by atoms with Gasteiger partial charge in [0.25, 0.3) is 0 Å². The second-order valence-corrected chi connectivity index (χ2v) is 10.1. The van der Waals surface area contributed by atoms with Crippen LogP contribution in [0.25, 0.3) is 0 Å². The van der Waals surface area contributed by atoms with Crippen LogP contribution in [0, 0.1) is 18.8 Å². The van der Waals surface area contributed by atoms with Crippen LogP contribution in [0.4, 0.5) is 0 Å². The van der Waals surface area contributed by atoms with Crippen LogP contribution in [0.2, 0.25) is 0 Å². The van der Waals surface area contributed by atoms with Crippen molar-refractivity contribution in [1.29, 1.82) is 0 Å². The van der Waals surface area contributed by atoms with Crippen LogP contribution in [0.3, 0.4) is 0 Å². The molecule has 0 amide bonds. The Kier molecular flexibility index (Phi) is 4.24. The third-order valence-electron chi connectivity index (χ3n) is 6.17. The number of nitrogens with zero attached hydrogens (tertiary/aromatic N) is 1. The van der Waals surface area contributed by atoms with E-state index in [1.807, 2.05) is 41.6 Å². The van der Waals surface area contributed by atoms with Crippen molar-refractivity contribution in [2.24, 2.45) is 11.8 Å². The van der Waals surface area contributed by atoms with Gasteiger partial charge in [0.2, 0.25) is 10.0 Å². The van der Waals surface area contributed by atoms with Crippen LogP contribution in [-0.4, -0.2) is 24.3 Å². The lowest BCUT2D eigenvalue weighted by Crippen LogP contribution is -2.48. The number of benzene rings is 2. The number of sulfonamides is 1. The van der Waals surface area contributed by atoms with Gasteiger partial charge in [0.15, 0.2) is 0 Å². The molecule has 4 rings (SSSR count). The zero-order valence-corrected chi connectivity index (χ0v) is 16.5. The number of hydrogen-bond acceptors (Lipinski definition) is 2. The quantitative estimate of drug-likeness (QED) is 0.782. The number of fused-ring (bicyclic) bond motifs is 1. The Hall–Kier alpha value is -1.65. The van der Waals surface area contributed by atoms with Gasteiger partial charge in [-0.15, -0.1) is 0 Å². The van der Waals surface area contributed by atoms with Gasteiger partial charge in [0.05, 0.1) is 4.90 Å². The van der Waals surface area contributed by atoms with E-state index in [1.165, 1.54) is 5.56 Å². The minimum atomic E-state index is -3.50. The van der Waals surface area contributed by atoms with Crippen molar-refractivity contribution in [3.8, 4) is 0 Å². The smallest absolute Gasteiger partial charge is 0.207 e. The molecule has 1 saturated heterocycles. The topological polar surface area (TPSA) is 37.4 Å². The first-order chi connectivity index (χ1) is 12.3. The van der Waals surface area contributed by atoms with Crippen molar-refractivity contribution < 1.29 is 8.42 Å². The Morgan fingerprint density at radius 2 is 1.73 bits per heavy atom. The highest BCUT2D eigenvalue weighted by molar-refractivity contribution is 7.89. The van der Waals surface area contributed by atoms with Gasteiger partial charge in [-0.05, 0) is 55.7 Å². The first kappa shape index (κ1) is 17.7. The first-order valence-corrected chi connectivity index (χ1v) is 10.9. The van der Waals surface area contributed by atoms with Gasteiger partial charge in [-0.1, -0.05) is 61.9 Å². The molecule has 1 unspecified atom stereocenters. The molecule has 4 heteroatoms. The number of rotatable bonds is 5. The normalized spacial score (nSPS) is 28.3. The Labute approximate surface area is 157 Å². The van der Waals surface area contributed by atoms with Gasteiger partial charge in [0.1, 0.15) is 0 Å². The third-order valence-corrected chi connectivity index (χ3v) is 8.19. The summed E-state index contributed by atoms with van der Waals surface area (Å²) in [5.41, 5.74) is 2.07. The van der Waals surface area contributed by atoms with E-state index in [-0.39, 0.29) is 11.6 Å². The molecule has 0 aromatic heterocycles. The second kappa shape index (κ2) is 6.21. The molecule has 1 aliphatic carbocycles. The molecule has 2 fully saturated rings. The van der Waals surface area contributed by atoms with E-state index in [2.05, 4.69) is 26.0 Å². The summed E-state index contributed by atoms with van der Waals surface area (Å²) < 4.78 is 29.1. The van der Waals surface area contributed by atoms with Gasteiger partial charge in [0, 0.05) is 11.6 Å². The van der Waals surface area contributed by atoms with E-state index < -0.39 is 10.0 Å².